The number of carbonyl (C=O) groups excluding carboxylic acids is 1. The van der Waals surface area contributed by atoms with Gasteiger partial charge in [0.25, 0.3) is 11.6 Å². The first kappa shape index (κ1) is 15.5. The lowest BCUT2D eigenvalue weighted by atomic mass is 10.1. The molecule has 0 fully saturated rings. The van der Waals surface area contributed by atoms with Crippen LogP contribution >= 0.6 is 0 Å². The van der Waals surface area contributed by atoms with Gasteiger partial charge in [0.15, 0.2) is 6.61 Å². The lowest BCUT2D eigenvalue weighted by Gasteiger charge is -2.17. The van der Waals surface area contributed by atoms with E-state index in [1.807, 2.05) is 6.07 Å². The Kier molecular flexibility index (Phi) is 4.12. The Bertz CT molecular complexity index is 857. The molecule has 0 aliphatic carbocycles. The van der Waals surface area contributed by atoms with Crippen molar-refractivity contribution in [2.45, 2.75) is 6.42 Å². The Labute approximate surface area is 137 Å². The predicted molar refractivity (Wildman–Crippen MR) is 85.8 cm³/mol. The molecule has 3 rings (SSSR count). The summed E-state index contributed by atoms with van der Waals surface area (Å²) in [7, 11) is 0. The number of amides is 1. The van der Waals surface area contributed by atoms with E-state index in [0.29, 0.717) is 30.0 Å². The van der Waals surface area contributed by atoms with Crippen molar-refractivity contribution >= 4 is 17.3 Å². The van der Waals surface area contributed by atoms with Gasteiger partial charge in [0, 0.05) is 24.4 Å². The molecular formula is C17H13N3O4. The van der Waals surface area contributed by atoms with Crippen molar-refractivity contribution in [3.05, 3.63) is 63.7 Å². The summed E-state index contributed by atoms with van der Waals surface area (Å²) < 4.78 is 5.45. The highest BCUT2D eigenvalue weighted by atomic mass is 16.6. The number of rotatable bonds is 4. The van der Waals surface area contributed by atoms with E-state index in [9.17, 15) is 14.9 Å². The molecule has 0 saturated heterocycles. The van der Waals surface area contributed by atoms with E-state index >= 15 is 0 Å². The van der Waals surface area contributed by atoms with Crippen LogP contribution in [0.2, 0.25) is 0 Å². The highest BCUT2D eigenvalue weighted by molar-refractivity contribution is 5.96. The van der Waals surface area contributed by atoms with Gasteiger partial charge in [0.2, 0.25) is 0 Å². The van der Waals surface area contributed by atoms with Crippen LogP contribution < -0.4 is 9.64 Å². The molecule has 120 valence electrons. The first-order valence-electron chi connectivity index (χ1n) is 7.29. The van der Waals surface area contributed by atoms with Crippen LogP contribution in [-0.4, -0.2) is 24.0 Å². The van der Waals surface area contributed by atoms with Crippen LogP contribution in [0.25, 0.3) is 0 Å². The third-order valence-corrected chi connectivity index (χ3v) is 3.80. The highest BCUT2D eigenvalue weighted by Crippen LogP contribution is 2.31. The summed E-state index contributed by atoms with van der Waals surface area (Å²) in [5, 5.41) is 19.7. The minimum absolute atomic E-state index is 0.0209. The number of hydrogen-bond acceptors (Lipinski definition) is 5. The molecule has 1 amide bonds. The van der Waals surface area contributed by atoms with Crippen LogP contribution in [0.4, 0.5) is 11.4 Å². The lowest BCUT2D eigenvalue weighted by molar-refractivity contribution is -0.384. The molecule has 0 saturated carbocycles. The maximum Gasteiger partial charge on any atom is 0.269 e. The second-order valence-electron chi connectivity index (χ2n) is 5.29. The van der Waals surface area contributed by atoms with Crippen LogP contribution in [0.5, 0.6) is 5.75 Å². The number of nitro benzene ring substituents is 1. The first-order valence-corrected chi connectivity index (χ1v) is 7.29. The van der Waals surface area contributed by atoms with Crippen molar-refractivity contribution in [1.29, 1.82) is 5.26 Å². The lowest BCUT2D eigenvalue weighted by Crippen LogP contribution is -2.33. The molecule has 24 heavy (non-hydrogen) atoms. The van der Waals surface area contributed by atoms with Gasteiger partial charge in [-0.2, -0.15) is 5.26 Å². The van der Waals surface area contributed by atoms with Gasteiger partial charge in [-0.3, -0.25) is 14.9 Å². The zero-order chi connectivity index (χ0) is 17.1. The molecule has 0 spiro atoms. The second-order valence-corrected chi connectivity index (χ2v) is 5.29. The maximum absolute atomic E-state index is 12.4. The van der Waals surface area contributed by atoms with E-state index < -0.39 is 4.92 Å². The zero-order valence-corrected chi connectivity index (χ0v) is 12.6. The van der Waals surface area contributed by atoms with Crippen molar-refractivity contribution in [1.82, 2.24) is 0 Å². The van der Waals surface area contributed by atoms with Crippen molar-refractivity contribution in [2.75, 3.05) is 18.1 Å². The van der Waals surface area contributed by atoms with Gasteiger partial charge in [0.1, 0.15) is 5.75 Å². The largest absolute Gasteiger partial charge is 0.484 e. The number of nitrogens with zero attached hydrogens (tertiary/aromatic N) is 3. The molecule has 0 N–H and O–H groups in total. The molecule has 7 nitrogen and oxygen atoms in total. The summed E-state index contributed by atoms with van der Waals surface area (Å²) in [5.74, 6) is 0.218. The fourth-order valence-corrected chi connectivity index (χ4v) is 2.64. The van der Waals surface area contributed by atoms with Crippen LogP contribution in [-0.2, 0) is 11.2 Å². The van der Waals surface area contributed by atoms with Gasteiger partial charge < -0.3 is 9.64 Å². The predicted octanol–water partition coefficient (Wildman–Crippen LogP) is 2.43. The maximum atomic E-state index is 12.4. The average Bonchev–Trinajstić information content (AvgIpc) is 3.03. The molecule has 0 unspecified atom stereocenters. The van der Waals surface area contributed by atoms with Crippen LogP contribution in [0.1, 0.15) is 11.1 Å². The highest BCUT2D eigenvalue weighted by Gasteiger charge is 2.26. The minimum atomic E-state index is -0.448. The monoisotopic (exact) mass is 323 g/mol. The minimum Gasteiger partial charge on any atom is -0.484 e. The van der Waals surface area contributed by atoms with Crippen LogP contribution in [0.15, 0.2) is 42.5 Å². The zero-order valence-electron chi connectivity index (χ0n) is 12.6. The summed E-state index contributed by atoms with van der Waals surface area (Å²) in [6.07, 6.45) is 0.576. The van der Waals surface area contributed by atoms with Gasteiger partial charge in [-0.15, -0.1) is 0 Å². The number of fused-ring (bicyclic) bond motifs is 1. The summed E-state index contributed by atoms with van der Waals surface area (Å²) in [6.45, 7) is 0.308. The molecule has 0 aromatic heterocycles. The summed E-state index contributed by atoms with van der Waals surface area (Å²) >= 11 is 0. The van der Waals surface area contributed by atoms with Crippen molar-refractivity contribution < 1.29 is 14.5 Å². The quantitative estimate of drug-likeness (QED) is 0.636. The second kappa shape index (κ2) is 6.38. The van der Waals surface area contributed by atoms with Crippen LogP contribution in [0.3, 0.4) is 0 Å². The number of nitriles is 1. The first-order chi connectivity index (χ1) is 11.6. The smallest absolute Gasteiger partial charge is 0.269 e. The standard InChI is InChI=1S/C17H13N3O4/c18-10-12-2-1-3-15(8-12)24-11-17(21)19-7-6-13-9-14(20(22)23)4-5-16(13)19/h1-5,8-9H,6-7,11H2. The molecule has 0 radical (unpaired) electrons. The van der Waals surface area contributed by atoms with Gasteiger partial charge in [-0.05, 0) is 36.2 Å². The number of anilines is 1. The Morgan fingerprint density at radius 2 is 2.17 bits per heavy atom. The molecule has 0 atom stereocenters. The number of benzene rings is 2. The van der Waals surface area contributed by atoms with Crippen molar-refractivity contribution in [3.63, 3.8) is 0 Å². The summed E-state index contributed by atoms with van der Waals surface area (Å²) in [4.78, 5) is 24.3. The van der Waals surface area contributed by atoms with Crippen molar-refractivity contribution in [2.24, 2.45) is 0 Å². The number of ether oxygens (including phenoxy) is 1. The van der Waals surface area contributed by atoms with Gasteiger partial charge >= 0.3 is 0 Å². The topological polar surface area (TPSA) is 96.5 Å². The molecule has 1 aliphatic heterocycles. The van der Waals surface area contributed by atoms with E-state index in [1.54, 1.807) is 35.2 Å². The number of hydrogen-bond donors (Lipinski definition) is 0. The SMILES string of the molecule is N#Cc1cccc(OCC(=O)N2CCc3cc([N+](=O)[O-])ccc32)c1. The Morgan fingerprint density at radius 3 is 2.92 bits per heavy atom. The molecule has 0 bridgehead atoms. The van der Waals surface area contributed by atoms with Gasteiger partial charge in [-0.1, -0.05) is 6.07 Å². The molecule has 1 heterocycles. The fourth-order valence-electron chi connectivity index (χ4n) is 2.64. The average molecular weight is 323 g/mol. The number of non-ortho nitro benzene ring substituents is 1. The molecule has 2 aromatic carbocycles. The molecule has 7 heteroatoms. The third-order valence-electron chi connectivity index (χ3n) is 3.80. The van der Waals surface area contributed by atoms with Crippen LogP contribution in [0, 0.1) is 21.4 Å². The molecule has 1 aliphatic rings. The Hall–Kier alpha value is -3.40. The van der Waals surface area contributed by atoms with E-state index in [4.69, 9.17) is 10.00 Å². The van der Waals surface area contributed by atoms with E-state index in [2.05, 4.69) is 0 Å². The third kappa shape index (κ3) is 3.03. The van der Waals surface area contributed by atoms with E-state index in [0.717, 1.165) is 5.56 Å². The Morgan fingerprint density at radius 1 is 1.33 bits per heavy atom. The van der Waals surface area contributed by atoms with Gasteiger partial charge in [0.05, 0.1) is 16.6 Å². The Balaban J connectivity index is 1.69. The molecular weight excluding hydrogens is 310 g/mol. The fraction of sp³-hybridized carbons (Fsp3) is 0.176. The summed E-state index contributed by atoms with van der Waals surface area (Å²) in [5.41, 5.74) is 1.94. The number of nitro groups is 1. The van der Waals surface area contributed by atoms with Gasteiger partial charge in [-0.25, -0.2) is 0 Å². The number of carbonyl (C=O) groups is 1. The van der Waals surface area contributed by atoms with E-state index in [1.165, 1.54) is 12.1 Å². The van der Waals surface area contributed by atoms with Crippen molar-refractivity contribution in [3.8, 4) is 11.8 Å². The normalized spacial score (nSPS) is 12.4. The van der Waals surface area contributed by atoms with E-state index in [-0.39, 0.29) is 18.2 Å². The molecule has 2 aromatic rings. The summed E-state index contributed by atoms with van der Waals surface area (Å²) in [6, 6.07) is 13.1.